The van der Waals surface area contributed by atoms with Gasteiger partial charge >= 0.3 is 0 Å². The van der Waals surface area contributed by atoms with Gasteiger partial charge in [-0.1, -0.05) is 6.07 Å². The van der Waals surface area contributed by atoms with Crippen molar-refractivity contribution in [3.05, 3.63) is 69.5 Å². The summed E-state index contributed by atoms with van der Waals surface area (Å²) in [6.07, 6.45) is 0. The monoisotopic (exact) mass is 373 g/mol. The predicted octanol–water partition coefficient (Wildman–Crippen LogP) is 3.53. The number of hydrogen-bond donors (Lipinski definition) is 1. The van der Waals surface area contributed by atoms with Crippen LogP contribution in [0.25, 0.3) is 0 Å². The van der Waals surface area contributed by atoms with E-state index in [1.807, 2.05) is 0 Å². The van der Waals surface area contributed by atoms with Crippen LogP contribution >= 0.6 is 0 Å². The molecule has 0 unspecified atom stereocenters. The summed E-state index contributed by atoms with van der Waals surface area (Å²) in [6, 6.07) is 9.16. The van der Waals surface area contributed by atoms with E-state index in [0.717, 1.165) is 0 Å². The first-order valence-corrected chi connectivity index (χ1v) is 8.30. The number of nitrogens with zero attached hydrogens (tertiary/aromatic N) is 2. The van der Waals surface area contributed by atoms with Crippen molar-refractivity contribution in [2.75, 3.05) is 11.9 Å². The third kappa shape index (κ3) is 5.10. The van der Waals surface area contributed by atoms with Gasteiger partial charge in [0.25, 0.3) is 11.6 Å². The molecular weight excluding hydrogens is 353 g/mol. The summed E-state index contributed by atoms with van der Waals surface area (Å²) in [7, 11) is 0. The van der Waals surface area contributed by atoms with E-state index in [9.17, 15) is 24.1 Å². The number of amides is 2. The molecule has 2 aromatic rings. The van der Waals surface area contributed by atoms with Gasteiger partial charge in [-0.05, 0) is 51.1 Å². The lowest BCUT2D eigenvalue weighted by Crippen LogP contribution is -2.42. The van der Waals surface area contributed by atoms with Crippen LogP contribution in [0, 0.1) is 22.9 Å². The molecule has 0 saturated heterocycles. The van der Waals surface area contributed by atoms with Crippen LogP contribution in [0.2, 0.25) is 0 Å². The molecule has 2 rings (SSSR count). The fraction of sp³-hybridized carbons (Fsp3) is 0.263. The molecule has 0 aromatic heterocycles. The number of carbonyl (C=O) groups excluding carboxylic acids is 2. The number of nitro groups is 1. The Morgan fingerprint density at radius 2 is 1.81 bits per heavy atom. The zero-order chi connectivity index (χ0) is 20.1. The van der Waals surface area contributed by atoms with Gasteiger partial charge < -0.3 is 10.2 Å². The molecule has 0 saturated carbocycles. The summed E-state index contributed by atoms with van der Waals surface area (Å²) in [4.78, 5) is 36.9. The molecule has 27 heavy (non-hydrogen) atoms. The summed E-state index contributed by atoms with van der Waals surface area (Å²) in [5, 5.41) is 13.7. The number of nitro benzene ring substituents is 1. The van der Waals surface area contributed by atoms with E-state index < -0.39 is 22.6 Å². The lowest BCUT2D eigenvalue weighted by molar-refractivity contribution is -0.385. The molecule has 0 radical (unpaired) electrons. The van der Waals surface area contributed by atoms with Gasteiger partial charge in [-0.25, -0.2) is 4.39 Å². The van der Waals surface area contributed by atoms with Crippen LogP contribution in [-0.4, -0.2) is 34.2 Å². The third-order valence-electron chi connectivity index (χ3n) is 3.98. The van der Waals surface area contributed by atoms with Gasteiger partial charge in [0, 0.05) is 28.9 Å². The highest BCUT2D eigenvalue weighted by molar-refractivity contribution is 6.00. The van der Waals surface area contributed by atoms with Crippen molar-refractivity contribution in [2.45, 2.75) is 26.8 Å². The summed E-state index contributed by atoms with van der Waals surface area (Å²) in [6.45, 7) is 4.83. The maximum Gasteiger partial charge on any atom is 0.273 e. The minimum absolute atomic E-state index is 0.135. The Hall–Kier alpha value is -3.29. The van der Waals surface area contributed by atoms with Gasteiger partial charge in [0.2, 0.25) is 5.91 Å². The highest BCUT2D eigenvalue weighted by Gasteiger charge is 2.24. The van der Waals surface area contributed by atoms with E-state index >= 15 is 0 Å². The molecule has 0 aliphatic heterocycles. The highest BCUT2D eigenvalue weighted by Crippen LogP contribution is 2.21. The van der Waals surface area contributed by atoms with Crippen LogP contribution < -0.4 is 5.32 Å². The fourth-order valence-corrected chi connectivity index (χ4v) is 2.48. The van der Waals surface area contributed by atoms with Crippen molar-refractivity contribution in [3.63, 3.8) is 0 Å². The van der Waals surface area contributed by atoms with Gasteiger partial charge in [0.15, 0.2) is 0 Å². The molecular formula is C19H20FN3O4. The van der Waals surface area contributed by atoms with Gasteiger partial charge in [-0.3, -0.25) is 19.7 Å². The molecule has 0 bridgehead atoms. The molecule has 0 spiro atoms. The minimum Gasteiger partial charge on any atom is -0.327 e. The number of hydrogen-bond acceptors (Lipinski definition) is 4. The van der Waals surface area contributed by atoms with Crippen molar-refractivity contribution >= 4 is 23.2 Å². The number of anilines is 1. The second kappa shape index (κ2) is 8.39. The number of rotatable bonds is 6. The highest BCUT2D eigenvalue weighted by atomic mass is 19.1. The number of nitrogens with one attached hydrogen (secondary N) is 1. The van der Waals surface area contributed by atoms with E-state index in [2.05, 4.69) is 5.32 Å². The molecule has 142 valence electrons. The Kier molecular flexibility index (Phi) is 6.23. The lowest BCUT2D eigenvalue weighted by Gasteiger charge is -2.26. The largest absolute Gasteiger partial charge is 0.327 e. The van der Waals surface area contributed by atoms with Crippen LogP contribution in [0.5, 0.6) is 0 Å². The van der Waals surface area contributed by atoms with Crippen molar-refractivity contribution in [1.82, 2.24) is 4.90 Å². The number of benzene rings is 2. The maximum atomic E-state index is 12.9. The summed E-state index contributed by atoms with van der Waals surface area (Å²) in [5.41, 5.74) is 0.834. The molecule has 0 fully saturated rings. The SMILES string of the molecule is Cc1ccc(C(=O)N(CC(=O)Nc2ccc(F)cc2)C(C)C)cc1[N+](=O)[O-]. The summed E-state index contributed by atoms with van der Waals surface area (Å²) in [5.74, 6) is -1.36. The summed E-state index contributed by atoms with van der Waals surface area (Å²) >= 11 is 0. The van der Waals surface area contributed by atoms with Gasteiger partial charge in [-0.15, -0.1) is 0 Å². The molecule has 7 nitrogen and oxygen atoms in total. The quantitative estimate of drug-likeness (QED) is 0.619. The van der Waals surface area contributed by atoms with Gasteiger partial charge in [-0.2, -0.15) is 0 Å². The van der Waals surface area contributed by atoms with Crippen LogP contribution in [0.15, 0.2) is 42.5 Å². The first kappa shape index (κ1) is 20.0. The van der Waals surface area contributed by atoms with Crippen LogP contribution in [0.3, 0.4) is 0 Å². The first-order chi connectivity index (χ1) is 12.7. The third-order valence-corrected chi connectivity index (χ3v) is 3.98. The zero-order valence-electron chi connectivity index (χ0n) is 15.2. The molecule has 8 heteroatoms. The Morgan fingerprint density at radius 3 is 2.37 bits per heavy atom. The molecule has 0 aliphatic carbocycles. The topological polar surface area (TPSA) is 92.6 Å². The second-order valence-electron chi connectivity index (χ2n) is 6.34. The predicted molar refractivity (Wildman–Crippen MR) is 99.0 cm³/mol. The van der Waals surface area contributed by atoms with E-state index in [1.54, 1.807) is 20.8 Å². The Morgan fingerprint density at radius 1 is 1.19 bits per heavy atom. The molecule has 0 aliphatic rings. The van der Waals surface area contributed by atoms with Crippen molar-refractivity contribution < 1.29 is 18.9 Å². The molecule has 1 N–H and O–H groups in total. The van der Waals surface area contributed by atoms with Crippen molar-refractivity contribution in [1.29, 1.82) is 0 Å². The number of carbonyl (C=O) groups is 2. The Balaban J connectivity index is 2.17. The van der Waals surface area contributed by atoms with E-state index in [-0.39, 0.29) is 23.8 Å². The van der Waals surface area contributed by atoms with E-state index in [4.69, 9.17) is 0 Å². The van der Waals surface area contributed by atoms with E-state index in [1.165, 1.54) is 47.4 Å². The average Bonchev–Trinajstić information content (AvgIpc) is 2.61. The number of halogens is 1. The van der Waals surface area contributed by atoms with Crippen molar-refractivity contribution in [2.24, 2.45) is 0 Å². The second-order valence-corrected chi connectivity index (χ2v) is 6.34. The molecule has 2 aromatic carbocycles. The smallest absolute Gasteiger partial charge is 0.273 e. The Bertz CT molecular complexity index is 866. The van der Waals surface area contributed by atoms with Gasteiger partial charge in [0.1, 0.15) is 12.4 Å². The van der Waals surface area contributed by atoms with Crippen LogP contribution in [0.1, 0.15) is 29.8 Å². The average molecular weight is 373 g/mol. The standard InChI is InChI=1S/C19H20FN3O4/c1-12(2)22(11-18(24)21-16-8-6-15(20)7-9-16)19(25)14-5-4-13(3)17(10-14)23(26)27/h4-10,12H,11H2,1-3H3,(H,21,24). The molecule has 0 atom stereocenters. The van der Waals surface area contributed by atoms with Crippen molar-refractivity contribution in [3.8, 4) is 0 Å². The summed E-state index contributed by atoms with van der Waals surface area (Å²) < 4.78 is 12.9. The fourth-order valence-electron chi connectivity index (χ4n) is 2.48. The molecule has 0 heterocycles. The lowest BCUT2D eigenvalue weighted by atomic mass is 10.1. The van der Waals surface area contributed by atoms with Gasteiger partial charge in [0.05, 0.1) is 4.92 Å². The normalized spacial score (nSPS) is 10.6. The number of aryl methyl sites for hydroxylation is 1. The minimum atomic E-state index is -0.549. The van der Waals surface area contributed by atoms with Crippen LogP contribution in [0.4, 0.5) is 15.8 Å². The zero-order valence-corrected chi connectivity index (χ0v) is 15.2. The maximum absolute atomic E-state index is 12.9. The van der Waals surface area contributed by atoms with E-state index in [0.29, 0.717) is 11.3 Å². The molecule has 2 amide bonds. The first-order valence-electron chi connectivity index (χ1n) is 8.30. The Labute approximate surface area is 155 Å². The van der Waals surface area contributed by atoms with Crippen LogP contribution in [-0.2, 0) is 4.79 Å².